The van der Waals surface area contributed by atoms with Gasteiger partial charge in [0.05, 0.1) is 5.54 Å². The summed E-state index contributed by atoms with van der Waals surface area (Å²) in [4.78, 5) is 29.1. The van der Waals surface area contributed by atoms with E-state index in [0.717, 1.165) is 13.1 Å². The summed E-state index contributed by atoms with van der Waals surface area (Å²) in [5.74, 6) is -1.94. The van der Waals surface area contributed by atoms with Gasteiger partial charge < -0.3 is 15.5 Å². The van der Waals surface area contributed by atoms with Gasteiger partial charge in [0.15, 0.2) is 5.69 Å². The minimum atomic E-state index is -1.42. The van der Waals surface area contributed by atoms with E-state index in [2.05, 4.69) is 10.3 Å². The van der Waals surface area contributed by atoms with Gasteiger partial charge in [0.1, 0.15) is 5.82 Å². The van der Waals surface area contributed by atoms with E-state index in [9.17, 15) is 14.7 Å². The predicted molar refractivity (Wildman–Crippen MR) is 71.0 cm³/mol. The van der Waals surface area contributed by atoms with Crippen molar-refractivity contribution in [2.75, 3.05) is 26.7 Å². The average Bonchev–Trinajstić information content (AvgIpc) is 2.39. The SMILES string of the molecule is CN1CCNCC1(C)c1nc(C(=O)O)c(O)c(=O)n1C. The van der Waals surface area contributed by atoms with E-state index in [-0.39, 0.29) is 0 Å². The van der Waals surface area contributed by atoms with Crippen LogP contribution in [0.1, 0.15) is 23.2 Å². The molecule has 1 aromatic heterocycles. The zero-order chi connectivity index (χ0) is 15.1. The molecule has 1 aromatic rings. The van der Waals surface area contributed by atoms with Crippen molar-refractivity contribution in [2.45, 2.75) is 12.5 Å². The summed E-state index contributed by atoms with van der Waals surface area (Å²) in [6, 6.07) is 0. The summed E-state index contributed by atoms with van der Waals surface area (Å²) in [7, 11) is 3.37. The van der Waals surface area contributed by atoms with Gasteiger partial charge in [0.2, 0.25) is 5.75 Å². The van der Waals surface area contributed by atoms with Crippen LogP contribution in [0, 0.1) is 0 Å². The molecule has 1 aliphatic rings. The fraction of sp³-hybridized carbons (Fsp3) is 0.583. The molecule has 1 atom stereocenters. The number of aromatic hydroxyl groups is 1. The second-order valence-electron chi connectivity index (χ2n) is 5.17. The lowest BCUT2D eigenvalue weighted by Gasteiger charge is -2.42. The molecule has 1 aliphatic heterocycles. The molecule has 0 saturated carbocycles. The first-order chi connectivity index (χ1) is 9.29. The first-order valence-electron chi connectivity index (χ1n) is 6.24. The van der Waals surface area contributed by atoms with E-state index >= 15 is 0 Å². The number of nitrogens with one attached hydrogen (secondary N) is 1. The van der Waals surface area contributed by atoms with Crippen molar-refractivity contribution in [3.8, 4) is 5.75 Å². The van der Waals surface area contributed by atoms with Crippen LogP contribution in [0.15, 0.2) is 4.79 Å². The van der Waals surface area contributed by atoms with Crippen molar-refractivity contribution in [1.82, 2.24) is 19.8 Å². The van der Waals surface area contributed by atoms with Crippen LogP contribution >= 0.6 is 0 Å². The summed E-state index contributed by atoms with van der Waals surface area (Å²) in [6.07, 6.45) is 0. The Balaban J connectivity index is 2.68. The maximum atomic E-state index is 12.0. The Hall–Kier alpha value is -1.93. The number of hydrogen-bond donors (Lipinski definition) is 3. The number of rotatable bonds is 2. The molecule has 1 fully saturated rings. The Morgan fingerprint density at radius 1 is 1.45 bits per heavy atom. The number of aromatic carboxylic acids is 1. The molecule has 110 valence electrons. The Labute approximate surface area is 115 Å². The molecule has 0 aliphatic carbocycles. The van der Waals surface area contributed by atoms with Crippen molar-refractivity contribution in [3.05, 3.63) is 21.9 Å². The molecule has 0 radical (unpaired) electrons. The standard InChI is InChI=1S/C12H18N4O4/c1-12(6-13-4-5-15(12)2)11-14-7(10(19)20)8(17)9(18)16(11)3/h13,17H,4-6H2,1-3H3,(H,19,20). The van der Waals surface area contributed by atoms with Crippen LogP contribution in [0.3, 0.4) is 0 Å². The number of hydrogen-bond acceptors (Lipinski definition) is 6. The van der Waals surface area contributed by atoms with Crippen LogP contribution in [-0.4, -0.2) is 57.3 Å². The van der Waals surface area contributed by atoms with Crippen molar-refractivity contribution < 1.29 is 15.0 Å². The lowest BCUT2D eigenvalue weighted by atomic mass is 9.96. The maximum absolute atomic E-state index is 12.0. The molecule has 1 saturated heterocycles. The normalized spacial score (nSPS) is 23.8. The molecule has 8 nitrogen and oxygen atoms in total. The van der Waals surface area contributed by atoms with Crippen LogP contribution in [0.25, 0.3) is 0 Å². The maximum Gasteiger partial charge on any atom is 0.358 e. The van der Waals surface area contributed by atoms with Gasteiger partial charge in [-0.2, -0.15) is 0 Å². The molecule has 0 spiro atoms. The van der Waals surface area contributed by atoms with Gasteiger partial charge in [-0.1, -0.05) is 0 Å². The van der Waals surface area contributed by atoms with Gasteiger partial charge in [0.25, 0.3) is 5.56 Å². The molecule has 2 heterocycles. The third-order valence-electron chi connectivity index (χ3n) is 3.89. The highest BCUT2D eigenvalue weighted by molar-refractivity contribution is 5.88. The zero-order valence-electron chi connectivity index (χ0n) is 11.7. The Bertz CT molecular complexity index is 612. The van der Waals surface area contributed by atoms with Crippen molar-refractivity contribution >= 4 is 5.97 Å². The Morgan fingerprint density at radius 3 is 2.65 bits per heavy atom. The topological polar surface area (TPSA) is 108 Å². The minimum absolute atomic E-state index is 0.312. The van der Waals surface area contributed by atoms with E-state index in [0.29, 0.717) is 12.4 Å². The van der Waals surface area contributed by atoms with Crippen LogP contribution < -0.4 is 10.9 Å². The van der Waals surface area contributed by atoms with E-state index in [1.54, 1.807) is 0 Å². The Morgan fingerprint density at radius 2 is 2.10 bits per heavy atom. The number of carboxylic acid groups (broad SMARTS) is 1. The van der Waals surface area contributed by atoms with E-state index in [1.165, 1.54) is 11.6 Å². The first kappa shape index (κ1) is 14.5. The predicted octanol–water partition coefficient (Wildman–Crippen LogP) is -1.07. The van der Waals surface area contributed by atoms with Crippen molar-refractivity contribution in [2.24, 2.45) is 7.05 Å². The summed E-state index contributed by atoms with van der Waals surface area (Å²) in [5, 5.41) is 21.9. The number of nitrogens with zero attached hydrogens (tertiary/aromatic N) is 3. The summed E-state index contributed by atoms with van der Waals surface area (Å²) in [6.45, 7) is 3.97. The number of carboxylic acids is 1. The van der Waals surface area contributed by atoms with Crippen LogP contribution in [0.5, 0.6) is 5.75 Å². The third-order valence-corrected chi connectivity index (χ3v) is 3.89. The van der Waals surface area contributed by atoms with Crippen molar-refractivity contribution in [3.63, 3.8) is 0 Å². The van der Waals surface area contributed by atoms with E-state index < -0.39 is 28.5 Å². The van der Waals surface area contributed by atoms with Gasteiger partial charge >= 0.3 is 5.97 Å². The lowest BCUT2D eigenvalue weighted by Crippen LogP contribution is -2.57. The molecular weight excluding hydrogens is 264 g/mol. The second-order valence-corrected chi connectivity index (χ2v) is 5.17. The molecule has 0 aromatic carbocycles. The Kier molecular flexibility index (Phi) is 3.53. The molecule has 2 rings (SSSR count). The minimum Gasteiger partial charge on any atom is -0.501 e. The second kappa shape index (κ2) is 4.88. The first-order valence-corrected chi connectivity index (χ1v) is 6.24. The largest absolute Gasteiger partial charge is 0.501 e. The van der Waals surface area contributed by atoms with E-state index in [1.807, 2.05) is 18.9 Å². The van der Waals surface area contributed by atoms with E-state index in [4.69, 9.17) is 5.11 Å². The fourth-order valence-corrected chi connectivity index (χ4v) is 2.43. The highest BCUT2D eigenvalue weighted by Gasteiger charge is 2.38. The van der Waals surface area contributed by atoms with Gasteiger partial charge in [-0.3, -0.25) is 14.3 Å². The number of carbonyl (C=O) groups is 1. The number of piperazine rings is 1. The van der Waals surface area contributed by atoms with Gasteiger partial charge in [0, 0.05) is 26.7 Å². The van der Waals surface area contributed by atoms with Crippen LogP contribution in [0.4, 0.5) is 0 Å². The number of aromatic nitrogens is 2. The fourth-order valence-electron chi connectivity index (χ4n) is 2.43. The summed E-state index contributed by atoms with van der Waals surface area (Å²) >= 11 is 0. The highest BCUT2D eigenvalue weighted by atomic mass is 16.4. The van der Waals surface area contributed by atoms with Crippen molar-refractivity contribution in [1.29, 1.82) is 0 Å². The molecule has 1 unspecified atom stereocenters. The van der Waals surface area contributed by atoms with Gasteiger partial charge in [-0.25, -0.2) is 9.78 Å². The van der Waals surface area contributed by atoms with Gasteiger partial charge in [-0.15, -0.1) is 0 Å². The average molecular weight is 282 g/mol. The molecule has 3 N–H and O–H groups in total. The summed E-state index contributed by atoms with van der Waals surface area (Å²) < 4.78 is 1.20. The van der Waals surface area contributed by atoms with Crippen LogP contribution in [-0.2, 0) is 12.6 Å². The zero-order valence-corrected chi connectivity index (χ0v) is 11.7. The highest BCUT2D eigenvalue weighted by Crippen LogP contribution is 2.27. The molecular formula is C12H18N4O4. The molecule has 0 amide bonds. The lowest BCUT2D eigenvalue weighted by molar-refractivity contribution is 0.0675. The van der Waals surface area contributed by atoms with Gasteiger partial charge in [-0.05, 0) is 14.0 Å². The number of likely N-dealkylation sites (N-methyl/N-ethyl adjacent to an activating group) is 1. The van der Waals surface area contributed by atoms with Crippen LogP contribution in [0.2, 0.25) is 0 Å². The smallest absolute Gasteiger partial charge is 0.358 e. The monoisotopic (exact) mass is 282 g/mol. The molecule has 8 heteroatoms. The molecule has 20 heavy (non-hydrogen) atoms. The quantitative estimate of drug-likeness (QED) is 0.634. The third kappa shape index (κ3) is 2.06. The molecule has 0 bridgehead atoms. The summed E-state index contributed by atoms with van der Waals surface area (Å²) in [5.41, 5.74) is -1.99.